The molecule has 0 aromatic heterocycles. The van der Waals surface area contributed by atoms with Crippen LogP contribution in [0.1, 0.15) is 20.7 Å². The molecule has 0 saturated heterocycles. The highest BCUT2D eigenvalue weighted by Crippen LogP contribution is 2.15. The van der Waals surface area contributed by atoms with E-state index in [1.165, 1.54) is 12.1 Å². The molecular formula is C14H12Cl2N2O4. The Kier molecular flexibility index (Phi) is 7.34. The molecule has 116 valence electrons. The zero-order valence-corrected chi connectivity index (χ0v) is 12.7. The molecule has 2 aromatic rings. The van der Waals surface area contributed by atoms with E-state index in [0.29, 0.717) is 10.0 Å². The Morgan fingerprint density at radius 2 is 1.05 bits per heavy atom. The molecule has 2 aromatic carbocycles. The lowest BCUT2D eigenvalue weighted by molar-refractivity contribution is 0.0495. The van der Waals surface area contributed by atoms with Crippen molar-refractivity contribution in [1.82, 2.24) is 0 Å². The van der Waals surface area contributed by atoms with Crippen LogP contribution < -0.4 is 11.8 Å². The maximum absolute atomic E-state index is 10.8. The number of halogens is 2. The van der Waals surface area contributed by atoms with Crippen molar-refractivity contribution in [3.8, 4) is 0 Å². The lowest BCUT2D eigenvalue weighted by Crippen LogP contribution is -2.10. The molecule has 0 unspecified atom stereocenters. The van der Waals surface area contributed by atoms with Crippen LogP contribution in [0.5, 0.6) is 0 Å². The van der Waals surface area contributed by atoms with Gasteiger partial charge in [0, 0.05) is 0 Å². The fraction of sp³-hybridized carbons (Fsp3) is 0. The number of rotatable bonds is 2. The SMILES string of the molecule is NOC(=O)c1ccccc1Cl.NOC(=O)c1ccccc1Cl. The topological polar surface area (TPSA) is 105 Å². The van der Waals surface area contributed by atoms with Gasteiger partial charge in [0.05, 0.1) is 21.2 Å². The molecule has 4 N–H and O–H groups in total. The number of hydrogen-bond donors (Lipinski definition) is 2. The number of carbonyl (C=O) groups is 2. The van der Waals surface area contributed by atoms with Crippen molar-refractivity contribution in [3.05, 3.63) is 69.7 Å². The summed E-state index contributed by atoms with van der Waals surface area (Å²) in [6, 6.07) is 13.1. The van der Waals surface area contributed by atoms with Crippen molar-refractivity contribution in [2.24, 2.45) is 11.8 Å². The minimum atomic E-state index is -0.629. The summed E-state index contributed by atoms with van der Waals surface area (Å²) in [5.41, 5.74) is 0.549. The first-order valence-corrected chi connectivity index (χ1v) is 6.58. The van der Waals surface area contributed by atoms with E-state index >= 15 is 0 Å². The van der Waals surface area contributed by atoms with Crippen molar-refractivity contribution in [2.45, 2.75) is 0 Å². The number of benzene rings is 2. The Labute approximate surface area is 136 Å². The van der Waals surface area contributed by atoms with Crippen molar-refractivity contribution in [1.29, 1.82) is 0 Å². The second-order valence-electron chi connectivity index (χ2n) is 3.77. The van der Waals surface area contributed by atoms with Crippen LogP contribution in [-0.2, 0) is 9.68 Å². The fourth-order valence-electron chi connectivity index (χ4n) is 1.38. The summed E-state index contributed by atoms with van der Waals surface area (Å²) in [4.78, 5) is 29.6. The highest BCUT2D eigenvalue weighted by molar-refractivity contribution is 6.33. The molecule has 0 amide bonds. The standard InChI is InChI=1S/2C7H6ClNO2/c2*8-6-4-2-1-3-5(6)7(10)11-9/h2*1-4H,9H2. The summed E-state index contributed by atoms with van der Waals surface area (Å²) in [6.45, 7) is 0. The van der Waals surface area contributed by atoms with Gasteiger partial charge in [0.1, 0.15) is 0 Å². The van der Waals surface area contributed by atoms with Gasteiger partial charge in [-0.05, 0) is 24.3 Å². The van der Waals surface area contributed by atoms with Crippen LogP contribution >= 0.6 is 23.2 Å². The average Bonchev–Trinajstić information content (AvgIpc) is 2.55. The highest BCUT2D eigenvalue weighted by atomic mass is 35.5. The summed E-state index contributed by atoms with van der Waals surface area (Å²) in [7, 11) is 0. The maximum atomic E-state index is 10.8. The minimum Gasteiger partial charge on any atom is -0.370 e. The lowest BCUT2D eigenvalue weighted by Gasteiger charge is -1.98. The second kappa shape index (κ2) is 9.01. The molecule has 0 aliphatic heterocycles. The number of hydrogen-bond acceptors (Lipinski definition) is 6. The normalized spacial score (nSPS) is 9.27. The van der Waals surface area contributed by atoms with E-state index in [4.69, 9.17) is 23.2 Å². The second-order valence-corrected chi connectivity index (χ2v) is 4.58. The van der Waals surface area contributed by atoms with Crippen molar-refractivity contribution in [2.75, 3.05) is 0 Å². The van der Waals surface area contributed by atoms with Crippen molar-refractivity contribution in [3.63, 3.8) is 0 Å². The van der Waals surface area contributed by atoms with Gasteiger partial charge in [-0.25, -0.2) is 9.59 Å². The van der Waals surface area contributed by atoms with Crippen LogP contribution in [-0.4, -0.2) is 11.9 Å². The van der Waals surface area contributed by atoms with E-state index < -0.39 is 11.9 Å². The predicted octanol–water partition coefficient (Wildman–Crippen LogP) is 2.74. The third-order valence-electron chi connectivity index (χ3n) is 2.40. The smallest absolute Gasteiger partial charge is 0.358 e. The van der Waals surface area contributed by atoms with E-state index in [9.17, 15) is 9.59 Å². The van der Waals surface area contributed by atoms with E-state index in [-0.39, 0.29) is 11.1 Å². The van der Waals surface area contributed by atoms with Crippen LogP contribution in [0.15, 0.2) is 48.5 Å². The van der Waals surface area contributed by atoms with Crippen LogP contribution in [0.3, 0.4) is 0 Å². The van der Waals surface area contributed by atoms with Gasteiger partial charge in [-0.15, -0.1) is 0 Å². The monoisotopic (exact) mass is 342 g/mol. The van der Waals surface area contributed by atoms with Crippen molar-refractivity contribution < 1.29 is 19.3 Å². The summed E-state index contributed by atoms with van der Waals surface area (Å²) in [5.74, 6) is 8.07. The van der Waals surface area contributed by atoms with Crippen LogP contribution in [0.2, 0.25) is 10.0 Å². The van der Waals surface area contributed by atoms with Crippen molar-refractivity contribution >= 4 is 35.1 Å². The molecule has 8 heteroatoms. The molecule has 22 heavy (non-hydrogen) atoms. The summed E-state index contributed by atoms with van der Waals surface area (Å²) < 4.78 is 0. The molecule has 6 nitrogen and oxygen atoms in total. The molecule has 0 heterocycles. The number of nitrogens with two attached hydrogens (primary N) is 2. The molecule has 2 rings (SSSR count). The molecule has 0 saturated carbocycles. The Bertz CT molecular complexity index is 607. The molecule has 0 fully saturated rings. The van der Waals surface area contributed by atoms with E-state index in [0.717, 1.165) is 0 Å². The van der Waals surface area contributed by atoms with Crippen LogP contribution in [0.4, 0.5) is 0 Å². The Hall–Kier alpha value is -2.12. The largest absolute Gasteiger partial charge is 0.370 e. The van der Waals surface area contributed by atoms with E-state index in [1.807, 2.05) is 0 Å². The average molecular weight is 343 g/mol. The molecule has 0 aliphatic rings. The molecule has 0 bridgehead atoms. The van der Waals surface area contributed by atoms with Gasteiger partial charge in [-0.1, -0.05) is 47.5 Å². The molecular weight excluding hydrogens is 331 g/mol. The van der Waals surface area contributed by atoms with Crippen LogP contribution in [0, 0.1) is 0 Å². The maximum Gasteiger partial charge on any atom is 0.358 e. The Morgan fingerprint density at radius 1 is 0.727 bits per heavy atom. The minimum absolute atomic E-state index is 0.275. The van der Waals surface area contributed by atoms with E-state index in [1.54, 1.807) is 36.4 Å². The van der Waals surface area contributed by atoms with Gasteiger partial charge >= 0.3 is 11.9 Å². The summed E-state index contributed by atoms with van der Waals surface area (Å²) in [6.07, 6.45) is 0. The van der Waals surface area contributed by atoms with Gasteiger partial charge < -0.3 is 9.68 Å². The quantitative estimate of drug-likeness (QED) is 0.813. The third kappa shape index (κ3) is 5.01. The van der Waals surface area contributed by atoms with Crippen LogP contribution in [0.25, 0.3) is 0 Å². The summed E-state index contributed by atoms with van der Waals surface area (Å²) >= 11 is 11.3. The van der Waals surface area contributed by atoms with Gasteiger partial charge in [-0.2, -0.15) is 11.8 Å². The first-order valence-electron chi connectivity index (χ1n) is 5.82. The third-order valence-corrected chi connectivity index (χ3v) is 3.06. The zero-order valence-electron chi connectivity index (χ0n) is 11.2. The first kappa shape index (κ1) is 17.9. The molecule has 0 atom stereocenters. The Morgan fingerprint density at radius 3 is 1.32 bits per heavy atom. The molecule has 0 aliphatic carbocycles. The van der Waals surface area contributed by atoms with Gasteiger partial charge in [0.2, 0.25) is 0 Å². The van der Waals surface area contributed by atoms with Gasteiger partial charge in [0.25, 0.3) is 0 Å². The highest BCUT2D eigenvalue weighted by Gasteiger charge is 2.09. The van der Waals surface area contributed by atoms with Gasteiger partial charge in [0.15, 0.2) is 0 Å². The molecule has 0 spiro atoms. The number of carbonyl (C=O) groups excluding carboxylic acids is 2. The van der Waals surface area contributed by atoms with Gasteiger partial charge in [-0.3, -0.25) is 0 Å². The van der Waals surface area contributed by atoms with E-state index in [2.05, 4.69) is 21.5 Å². The Balaban J connectivity index is 0.000000220. The zero-order chi connectivity index (χ0) is 16.5. The fourth-order valence-corrected chi connectivity index (χ4v) is 1.81. The molecule has 0 radical (unpaired) electrons. The summed E-state index contributed by atoms with van der Waals surface area (Å²) in [5, 5.41) is 0.672. The predicted molar refractivity (Wildman–Crippen MR) is 82.1 cm³/mol. The first-order chi connectivity index (χ1) is 10.5. The lowest BCUT2D eigenvalue weighted by atomic mass is 10.2.